The van der Waals surface area contributed by atoms with Crippen LogP contribution < -0.4 is 10.0 Å². The van der Waals surface area contributed by atoms with Crippen molar-refractivity contribution in [3.8, 4) is 0 Å². The molecule has 0 spiro atoms. The van der Waals surface area contributed by atoms with Crippen LogP contribution in [0.3, 0.4) is 0 Å². The third kappa shape index (κ3) is 4.20. The van der Waals surface area contributed by atoms with Gasteiger partial charge in [0.2, 0.25) is 0 Å². The van der Waals surface area contributed by atoms with E-state index < -0.39 is 29.2 Å². The lowest BCUT2D eigenvalue weighted by Crippen LogP contribution is -2.44. The third-order valence-electron chi connectivity index (χ3n) is 4.34. The summed E-state index contributed by atoms with van der Waals surface area (Å²) in [7, 11) is -4.19. The second-order valence-electron chi connectivity index (χ2n) is 6.31. The van der Waals surface area contributed by atoms with E-state index in [0.717, 1.165) is 11.1 Å². The molecule has 1 aromatic carbocycles. The van der Waals surface area contributed by atoms with Crippen LogP contribution in [0.5, 0.6) is 0 Å². The average molecular weight is 408 g/mol. The Labute approximate surface area is 156 Å². The van der Waals surface area contributed by atoms with Crippen molar-refractivity contribution in [2.45, 2.75) is 19.8 Å². The number of aryl methyl sites for hydroxylation is 2. The molecule has 144 valence electrons. The summed E-state index contributed by atoms with van der Waals surface area (Å²) >= 11 is 0. The summed E-state index contributed by atoms with van der Waals surface area (Å²) in [4.78, 5) is 9.77. The number of nitrogens with two attached hydrogens (primary N) is 1. The van der Waals surface area contributed by atoms with E-state index in [1.165, 1.54) is 11.2 Å². The Morgan fingerprint density at radius 3 is 2.42 bits per heavy atom. The second kappa shape index (κ2) is 7.18. The van der Waals surface area contributed by atoms with Crippen molar-refractivity contribution in [1.82, 2.24) is 14.3 Å². The molecule has 1 aromatic heterocycles. The number of hydrogen-bond donors (Lipinski definition) is 1. The summed E-state index contributed by atoms with van der Waals surface area (Å²) < 4.78 is 52.1. The molecular weight excluding hydrogens is 388 g/mol. The molecule has 26 heavy (non-hydrogen) atoms. The van der Waals surface area contributed by atoms with E-state index in [0.29, 0.717) is 21.0 Å². The SMILES string of the molecule is Cc1cc2ncnc(N3CCN(S(N)(=O)=O)CC(F)(F)C3)c2cc1C.Cl. The van der Waals surface area contributed by atoms with Crippen molar-refractivity contribution in [1.29, 1.82) is 0 Å². The highest BCUT2D eigenvalue weighted by molar-refractivity contribution is 7.86. The number of rotatable bonds is 2. The van der Waals surface area contributed by atoms with E-state index in [4.69, 9.17) is 5.14 Å². The van der Waals surface area contributed by atoms with Gasteiger partial charge in [0, 0.05) is 18.5 Å². The van der Waals surface area contributed by atoms with Crippen LogP contribution in [0.2, 0.25) is 0 Å². The number of hydrogen-bond acceptors (Lipinski definition) is 5. The minimum atomic E-state index is -4.19. The maximum absolute atomic E-state index is 14.3. The van der Waals surface area contributed by atoms with E-state index in [2.05, 4.69) is 9.97 Å². The Hall–Kier alpha value is -1.62. The molecule has 0 saturated carbocycles. The fourth-order valence-electron chi connectivity index (χ4n) is 2.93. The minimum absolute atomic E-state index is 0. The standard InChI is InChI=1S/C15H19F2N5O2S.ClH/c1-10-5-12-13(6-11(10)2)19-9-20-14(12)21-3-4-22(25(18,23)24)8-15(16,17)7-21;/h5-6,9H,3-4,7-8H2,1-2H3,(H2,18,23,24);1H. The Morgan fingerprint density at radius 1 is 1.12 bits per heavy atom. The molecule has 2 aromatic rings. The van der Waals surface area contributed by atoms with Crippen LogP contribution >= 0.6 is 12.4 Å². The van der Waals surface area contributed by atoms with Crippen LogP contribution in [0, 0.1) is 13.8 Å². The number of nitrogens with zero attached hydrogens (tertiary/aromatic N) is 4. The summed E-state index contributed by atoms with van der Waals surface area (Å²) in [6.45, 7) is 2.21. The molecule has 7 nitrogen and oxygen atoms in total. The molecule has 0 atom stereocenters. The molecule has 0 aliphatic carbocycles. The molecule has 2 heterocycles. The predicted molar refractivity (Wildman–Crippen MR) is 98.1 cm³/mol. The molecule has 1 saturated heterocycles. The van der Waals surface area contributed by atoms with Gasteiger partial charge in [0.1, 0.15) is 12.1 Å². The van der Waals surface area contributed by atoms with Gasteiger partial charge in [-0.3, -0.25) is 0 Å². The van der Waals surface area contributed by atoms with Crippen LogP contribution in [0.15, 0.2) is 18.5 Å². The molecule has 1 aliphatic heterocycles. The number of alkyl halides is 2. The summed E-state index contributed by atoms with van der Waals surface area (Å²) in [5.74, 6) is -2.89. The zero-order valence-corrected chi connectivity index (χ0v) is 15.9. The fourth-order valence-corrected chi connectivity index (χ4v) is 3.63. The molecule has 2 N–H and O–H groups in total. The molecular formula is C15H20ClF2N5O2S. The summed E-state index contributed by atoms with van der Waals surface area (Å²) in [5, 5.41) is 5.69. The maximum Gasteiger partial charge on any atom is 0.278 e. The predicted octanol–water partition coefficient (Wildman–Crippen LogP) is 1.63. The first-order valence-electron chi connectivity index (χ1n) is 7.69. The molecule has 1 aliphatic rings. The molecule has 0 radical (unpaired) electrons. The van der Waals surface area contributed by atoms with E-state index >= 15 is 0 Å². The van der Waals surface area contributed by atoms with Crippen molar-refractivity contribution < 1.29 is 17.2 Å². The molecule has 1 fully saturated rings. The highest BCUT2D eigenvalue weighted by Gasteiger charge is 2.40. The highest BCUT2D eigenvalue weighted by atomic mass is 35.5. The van der Waals surface area contributed by atoms with Crippen molar-refractivity contribution in [2.75, 3.05) is 31.1 Å². The van der Waals surface area contributed by atoms with Gasteiger partial charge in [-0.05, 0) is 37.1 Å². The normalized spacial score (nSPS) is 18.4. The summed E-state index contributed by atoms with van der Waals surface area (Å²) in [6.07, 6.45) is 1.33. The first-order valence-corrected chi connectivity index (χ1v) is 9.20. The highest BCUT2D eigenvalue weighted by Crippen LogP contribution is 2.30. The van der Waals surface area contributed by atoms with Gasteiger partial charge < -0.3 is 4.90 Å². The lowest BCUT2D eigenvalue weighted by Gasteiger charge is -2.25. The molecule has 11 heteroatoms. The molecule has 0 bridgehead atoms. The monoisotopic (exact) mass is 407 g/mol. The van der Waals surface area contributed by atoms with E-state index in [-0.39, 0.29) is 25.5 Å². The zero-order valence-electron chi connectivity index (χ0n) is 14.3. The van der Waals surface area contributed by atoms with Crippen molar-refractivity contribution in [3.05, 3.63) is 29.6 Å². The minimum Gasteiger partial charge on any atom is -0.349 e. The van der Waals surface area contributed by atoms with E-state index in [1.807, 2.05) is 26.0 Å². The van der Waals surface area contributed by atoms with Crippen LogP contribution in [0.4, 0.5) is 14.6 Å². The van der Waals surface area contributed by atoms with Crippen LogP contribution in [0.25, 0.3) is 10.9 Å². The van der Waals surface area contributed by atoms with Crippen LogP contribution in [-0.4, -0.2) is 54.8 Å². The Morgan fingerprint density at radius 2 is 1.77 bits per heavy atom. The number of fused-ring (bicyclic) bond motifs is 1. The topological polar surface area (TPSA) is 92.4 Å². The van der Waals surface area contributed by atoms with Gasteiger partial charge >= 0.3 is 0 Å². The van der Waals surface area contributed by atoms with Gasteiger partial charge in [-0.15, -0.1) is 12.4 Å². The van der Waals surface area contributed by atoms with Crippen molar-refractivity contribution in [2.24, 2.45) is 5.14 Å². The van der Waals surface area contributed by atoms with Crippen molar-refractivity contribution >= 4 is 39.3 Å². The first-order chi connectivity index (χ1) is 11.6. The Balaban J connectivity index is 0.00000243. The van der Waals surface area contributed by atoms with Gasteiger partial charge in [-0.1, -0.05) is 0 Å². The van der Waals surface area contributed by atoms with Crippen molar-refractivity contribution in [3.63, 3.8) is 0 Å². The van der Waals surface area contributed by atoms with Gasteiger partial charge in [-0.2, -0.15) is 12.7 Å². The number of halogens is 3. The van der Waals surface area contributed by atoms with Gasteiger partial charge in [0.05, 0.1) is 18.6 Å². The smallest absolute Gasteiger partial charge is 0.278 e. The third-order valence-corrected chi connectivity index (χ3v) is 5.37. The lowest BCUT2D eigenvalue weighted by atomic mass is 10.1. The van der Waals surface area contributed by atoms with Crippen LogP contribution in [0.1, 0.15) is 11.1 Å². The van der Waals surface area contributed by atoms with Gasteiger partial charge in [-0.25, -0.2) is 23.9 Å². The molecule has 0 unspecified atom stereocenters. The maximum atomic E-state index is 14.3. The Bertz CT molecular complexity index is 926. The van der Waals surface area contributed by atoms with Gasteiger partial charge in [0.15, 0.2) is 0 Å². The number of aromatic nitrogens is 2. The quantitative estimate of drug-likeness (QED) is 0.816. The summed E-state index contributed by atoms with van der Waals surface area (Å²) in [6, 6.07) is 3.74. The van der Waals surface area contributed by atoms with Crippen LogP contribution in [-0.2, 0) is 10.2 Å². The average Bonchev–Trinajstić information content (AvgIpc) is 2.66. The van der Waals surface area contributed by atoms with E-state index in [9.17, 15) is 17.2 Å². The lowest BCUT2D eigenvalue weighted by molar-refractivity contribution is 0.000559. The molecule has 3 rings (SSSR count). The van der Waals surface area contributed by atoms with E-state index in [1.54, 1.807) is 0 Å². The number of anilines is 1. The first kappa shape index (κ1) is 20.7. The largest absolute Gasteiger partial charge is 0.349 e. The second-order valence-corrected chi connectivity index (χ2v) is 7.85. The van der Waals surface area contributed by atoms with Gasteiger partial charge in [0.25, 0.3) is 16.1 Å². The number of benzene rings is 1. The molecule has 0 amide bonds. The fraction of sp³-hybridized carbons (Fsp3) is 0.467. The zero-order chi connectivity index (χ0) is 18.4. The summed E-state index contributed by atoms with van der Waals surface area (Å²) in [5.41, 5.74) is 2.69. The Kier molecular flexibility index (Phi) is 5.71.